The summed E-state index contributed by atoms with van der Waals surface area (Å²) in [5.41, 5.74) is 8.91. The van der Waals surface area contributed by atoms with Crippen molar-refractivity contribution in [2.75, 3.05) is 26.1 Å². The molecule has 0 saturated heterocycles. The molecule has 0 spiro atoms. The molecule has 1 aliphatic carbocycles. The lowest BCUT2D eigenvalue weighted by Gasteiger charge is -2.36. The maximum absolute atomic E-state index is 12.1. The van der Waals surface area contributed by atoms with Gasteiger partial charge in [-0.25, -0.2) is 14.5 Å². The van der Waals surface area contributed by atoms with E-state index in [1.165, 1.54) is 4.52 Å². The van der Waals surface area contributed by atoms with Gasteiger partial charge in [0.05, 0.1) is 37.0 Å². The zero-order chi connectivity index (χ0) is 26.0. The molecule has 37 heavy (non-hydrogen) atoms. The average molecular weight is 502 g/mol. The predicted octanol–water partition coefficient (Wildman–Crippen LogP) is 3.18. The number of benzene rings is 1. The van der Waals surface area contributed by atoms with Crippen molar-refractivity contribution in [2.45, 2.75) is 37.2 Å². The number of rotatable bonds is 8. The molecule has 0 atom stereocenters. The van der Waals surface area contributed by atoms with Gasteiger partial charge in [-0.05, 0) is 37.8 Å². The summed E-state index contributed by atoms with van der Waals surface area (Å²) in [6.07, 6.45) is 6.86. The zero-order valence-corrected chi connectivity index (χ0v) is 20.4. The highest BCUT2D eigenvalue weighted by atomic mass is 16.5. The molecule has 3 heterocycles. The number of fused-ring (bicyclic) bond motifs is 1. The van der Waals surface area contributed by atoms with E-state index in [-0.39, 0.29) is 23.9 Å². The zero-order valence-electron chi connectivity index (χ0n) is 20.4. The van der Waals surface area contributed by atoms with Crippen LogP contribution in [0.5, 0.6) is 0 Å². The van der Waals surface area contributed by atoms with Crippen molar-refractivity contribution in [2.24, 2.45) is 0 Å². The van der Waals surface area contributed by atoms with Crippen LogP contribution in [0.2, 0.25) is 0 Å². The third-order valence-electron chi connectivity index (χ3n) is 6.97. The summed E-state index contributed by atoms with van der Waals surface area (Å²) in [6, 6.07) is 11.9. The fourth-order valence-corrected chi connectivity index (χ4v) is 4.93. The van der Waals surface area contributed by atoms with E-state index in [1.807, 2.05) is 36.5 Å². The number of nitriles is 1. The Labute approximate surface area is 213 Å². The number of nitrogens with two attached hydrogens (primary N) is 1. The molecule has 190 valence electrons. The van der Waals surface area contributed by atoms with Gasteiger partial charge in [-0.15, -0.1) is 0 Å². The Morgan fingerprint density at radius 3 is 2.65 bits per heavy atom. The van der Waals surface area contributed by atoms with Crippen molar-refractivity contribution in [3.63, 3.8) is 0 Å². The summed E-state index contributed by atoms with van der Waals surface area (Å²) in [5.74, 6) is -0.926. The molecular formula is C26H27N7O4. The molecule has 1 aromatic carbocycles. The minimum Gasteiger partial charge on any atom is -0.479 e. The van der Waals surface area contributed by atoms with Gasteiger partial charge in [-0.1, -0.05) is 18.2 Å². The number of hydrogen-bond donors (Lipinski definition) is 2. The number of nitrogens with zero attached hydrogens (tertiary/aromatic N) is 6. The SMILES string of the molecule is COCCOC1(C(=O)O)CCC(c2nc3c(-c4cnn(-c5ccccc5)c4)cnn3c(N)c2C#N)CC1. The van der Waals surface area contributed by atoms with Gasteiger partial charge in [0.15, 0.2) is 11.2 Å². The number of aromatic nitrogens is 5. The van der Waals surface area contributed by atoms with E-state index >= 15 is 0 Å². The Balaban J connectivity index is 1.48. The first-order valence-electron chi connectivity index (χ1n) is 12.0. The Hall–Kier alpha value is -4.27. The summed E-state index contributed by atoms with van der Waals surface area (Å²) in [6.45, 7) is 0.514. The van der Waals surface area contributed by atoms with E-state index in [1.54, 1.807) is 24.2 Å². The molecule has 5 rings (SSSR count). The number of ether oxygens (including phenoxy) is 2. The van der Waals surface area contributed by atoms with Crippen molar-refractivity contribution < 1.29 is 19.4 Å². The lowest BCUT2D eigenvalue weighted by molar-refractivity contribution is -0.173. The third-order valence-corrected chi connectivity index (χ3v) is 6.97. The monoisotopic (exact) mass is 501 g/mol. The highest BCUT2D eigenvalue weighted by Crippen LogP contribution is 2.42. The Morgan fingerprint density at radius 2 is 1.97 bits per heavy atom. The lowest BCUT2D eigenvalue weighted by Crippen LogP contribution is -2.45. The fourth-order valence-electron chi connectivity index (χ4n) is 4.93. The van der Waals surface area contributed by atoms with Crippen LogP contribution in [0.3, 0.4) is 0 Å². The van der Waals surface area contributed by atoms with Crippen molar-refractivity contribution in [1.82, 2.24) is 24.4 Å². The van der Waals surface area contributed by atoms with Crippen molar-refractivity contribution in [3.8, 4) is 22.9 Å². The van der Waals surface area contributed by atoms with Crippen molar-refractivity contribution in [1.29, 1.82) is 5.26 Å². The van der Waals surface area contributed by atoms with E-state index < -0.39 is 11.6 Å². The molecule has 4 aromatic rings. The number of nitrogen functional groups attached to an aromatic ring is 1. The van der Waals surface area contributed by atoms with Crippen LogP contribution in [-0.2, 0) is 14.3 Å². The maximum Gasteiger partial charge on any atom is 0.335 e. The van der Waals surface area contributed by atoms with Crippen LogP contribution in [0.1, 0.15) is 42.9 Å². The number of aliphatic carboxylic acids is 1. The van der Waals surface area contributed by atoms with Crippen LogP contribution in [0.4, 0.5) is 5.82 Å². The Kier molecular flexibility index (Phi) is 6.60. The van der Waals surface area contributed by atoms with Crippen LogP contribution >= 0.6 is 0 Å². The van der Waals surface area contributed by atoms with Gasteiger partial charge in [-0.2, -0.15) is 20.0 Å². The van der Waals surface area contributed by atoms with Gasteiger partial charge in [0.1, 0.15) is 17.5 Å². The van der Waals surface area contributed by atoms with Gasteiger partial charge >= 0.3 is 5.97 Å². The highest BCUT2D eigenvalue weighted by molar-refractivity contribution is 5.79. The van der Waals surface area contributed by atoms with Gasteiger partial charge in [0.2, 0.25) is 0 Å². The number of carboxylic acids is 1. The molecule has 1 fully saturated rings. The summed E-state index contributed by atoms with van der Waals surface area (Å²) in [4.78, 5) is 16.9. The van der Waals surface area contributed by atoms with Crippen LogP contribution < -0.4 is 5.73 Å². The molecule has 0 aliphatic heterocycles. The molecule has 0 bridgehead atoms. The average Bonchev–Trinajstić information content (AvgIpc) is 3.57. The van der Waals surface area contributed by atoms with Crippen molar-refractivity contribution in [3.05, 3.63) is 60.2 Å². The summed E-state index contributed by atoms with van der Waals surface area (Å²) >= 11 is 0. The summed E-state index contributed by atoms with van der Waals surface area (Å²) in [5, 5.41) is 28.7. The van der Waals surface area contributed by atoms with E-state index in [0.717, 1.165) is 16.8 Å². The number of hydrogen-bond acceptors (Lipinski definition) is 8. The molecule has 3 aromatic heterocycles. The van der Waals surface area contributed by atoms with E-state index in [2.05, 4.69) is 16.3 Å². The Morgan fingerprint density at radius 1 is 1.22 bits per heavy atom. The van der Waals surface area contributed by atoms with Crippen LogP contribution in [0.25, 0.3) is 22.5 Å². The highest BCUT2D eigenvalue weighted by Gasteiger charge is 2.44. The molecule has 3 N–H and O–H groups in total. The molecule has 1 saturated carbocycles. The molecule has 11 nitrogen and oxygen atoms in total. The minimum atomic E-state index is -1.27. The van der Waals surface area contributed by atoms with Gasteiger partial charge < -0.3 is 20.3 Å². The second-order valence-electron chi connectivity index (χ2n) is 9.09. The van der Waals surface area contributed by atoms with Gasteiger partial charge in [-0.3, -0.25) is 0 Å². The molecule has 1 aliphatic rings. The number of anilines is 1. The molecule has 0 unspecified atom stereocenters. The lowest BCUT2D eigenvalue weighted by atomic mass is 9.76. The van der Waals surface area contributed by atoms with Gasteiger partial charge in [0.25, 0.3) is 0 Å². The predicted molar refractivity (Wildman–Crippen MR) is 134 cm³/mol. The second-order valence-corrected chi connectivity index (χ2v) is 9.09. The van der Waals surface area contributed by atoms with E-state index in [9.17, 15) is 15.2 Å². The second kappa shape index (κ2) is 10.0. The smallest absolute Gasteiger partial charge is 0.335 e. The largest absolute Gasteiger partial charge is 0.479 e. The number of carboxylic acid groups (broad SMARTS) is 1. The minimum absolute atomic E-state index is 0.143. The van der Waals surface area contributed by atoms with Crippen LogP contribution in [0.15, 0.2) is 48.9 Å². The maximum atomic E-state index is 12.1. The van der Waals surface area contributed by atoms with E-state index in [0.29, 0.717) is 43.6 Å². The molecule has 0 radical (unpaired) electrons. The summed E-state index contributed by atoms with van der Waals surface area (Å²) in [7, 11) is 1.54. The number of para-hydroxylation sites is 1. The third kappa shape index (κ3) is 4.41. The van der Waals surface area contributed by atoms with Gasteiger partial charge in [0, 0.05) is 30.4 Å². The first kappa shape index (κ1) is 24.4. The topological polar surface area (TPSA) is 154 Å². The first-order chi connectivity index (χ1) is 18.0. The number of carbonyl (C=O) groups is 1. The van der Waals surface area contributed by atoms with Crippen LogP contribution in [0, 0.1) is 11.3 Å². The number of methoxy groups -OCH3 is 1. The van der Waals surface area contributed by atoms with Crippen molar-refractivity contribution >= 4 is 17.4 Å². The first-order valence-corrected chi connectivity index (χ1v) is 12.0. The molecule has 0 amide bonds. The van der Waals surface area contributed by atoms with Crippen LogP contribution in [-0.4, -0.2) is 61.4 Å². The normalized spacial score (nSPS) is 19.6. The standard InChI is InChI=1S/C26H27N7O4/c1-36-11-12-37-26(25(34)35)9-7-17(8-10-26)22-20(13-27)23(28)33-24(31-22)21(15-30-33)18-14-29-32(16-18)19-5-3-2-4-6-19/h2-6,14-17H,7-12,28H2,1H3,(H,34,35). The quantitative estimate of drug-likeness (QED) is 0.346. The fraction of sp³-hybridized carbons (Fsp3) is 0.346. The molecular weight excluding hydrogens is 474 g/mol. The molecule has 11 heteroatoms. The summed E-state index contributed by atoms with van der Waals surface area (Å²) < 4.78 is 14.0. The van der Waals surface area contributed by atoms with E-state index in [4.69, 9.17) is 20.2 Å². The Bertz CT molecular complexity index is 1460.